The molecule has 4 nitrogen and oxygen atoms in total. The molecule has 0 fully saturated rings. The van der Waals surface area contributed by atoms with E-state index in [1.165, 1.54) is 0 Å². The number of carboxylic acid groups (broad SMARTS) is 1. The van der Waals surface area contributed by atoms with E-state index in [4.69, 9.17) is 9.52 Å². The average Bonchev–Trinajstić information content (AvgIpc) is 2.83. The lowest BCUT2D eigenvalue weighted by molar-refractivity contribution is -0.138. The van der Waals surface area contributed by atoms with Crippen LogP contribution in [-0.4, -0.2) is 16.9 Å². The van der Waals surface area contributed by atoms with Gasteiger partial charge in [0, 0.05) is 5.56 Å². The Balaban J connectivity index is 2.33. The van der Waals surface area contributed by atoms with Crippen LogP contribution in [0.2, 0.25) is 0 Å². The summed E-state index contributed by atoms with van der Waals surface area (Å²) in [4.78, 5) is 23.1. The fourth-order valence-electron chi connectivity index (χ4n) is 1.79. The molecule has 0 saturated heterocycles. The number of carbonyl (C=O) groups is 2. The van der Waals surface area contributed by atoms with Crippen molar-refractivity contribution >= 4 is 11.8 Å². The number of hydrogen-bond acceptors (Lipinski definition) is 3. The normalized spacial score (nSPS) is 12.1. The molecular weight excluding hydrogens is 244 g/mol. The van der Waals surface area contributed by atoms with Crippen LogP contribution in [-0.2, 0) is 4.79 Å². The number of carbonyl (C=O) groups excluding carboxylic acids is 1. The minimum absolute atomic E-state index is 0.243. The van der Waals surface area contributed by atoms with Gasteiger partial charge in [0.2, 0.25) is 5.78 Å². The largest absolute Gasteiger partial charge is 0.481 e. The van der Waals surface area contributed by atoms with Crippen molar-refractivity contribution in [2.75, 3.05) is 0 Å². The van der Waals surface area contributed by atoms with Crippen LogP contribution in [0.3, 0.4) is 0 Å². The topological polar surface area (TPSA) is 67.5 Å². The smallest absolute Gasteiger partial charge is 0.310 e. The zero-order valence-electron chi connectivity index (χ0n) is 10.7. The van der Waals surface area contributed by atoms with Crippen molar-refractivity contribution in [1.82, 2.24) is 0 Å². The predicted octanol–water partition coefficient (Wildman–Crippen LogP) is 3.01. The third-order valence-corrected chi connectivity index (χ3v) is 2.98. The summed E-state index contributed by atoms with van der Waals surface area (Å²) in [5.41, 5.74) is 1.03. The van der Waals surface area contributed by atoms with Crippen LogP contribution >= 0.6 is 0 Å². The molecule has 1 N–H and O–H groups in total. The molecule has 1 aromatic carbocycles. The second-order valence-electron chi connectivity index (χ2n) is 4.42. The maximum Gasteiger partial charge on any atom is 0.310 e. The van der Waals surface area contributed by atoms with Crippen molar-refractivity contribution in [3.05, 3.63) is 59.0 Å². The summed E-state index contributed by atoms with van der Waals surface area (Å²) in [6.07, 6.45) is 0. The minimum atomic E-state index is -0.918. The summed E-state index contributed by atoms with van der Waals surface area (Å²) in [7, 11) is 0. The molecule has 4 heteroatoms. The Kier molecular flexibility index (Phi) is 3.51. The first-order chi connectivity index (χ1) is 8.99. The molecule has 2 aromatic rings. The zero-order valence-corrected chi connectivity index (χ0v) is 10.7. The van der Waals surface area contributed by atoms with Gasteiger partial charge in [-0.25, -0.2) is 0 Å². The van der Waals surface area contributed by atoms with Crippen molar-refractivity contribution < 1.29 is 19.1 Å². The highest BCUT2D eigenvalue weighted by atomic mass is 16.4. The van der Waals surface area contributed by atoms with Gasteiger partial charge in [0.1, 0.15) is 5.76 Å². The standard InChI is InChI=1S/C15H14O4/c1-9-6-7-13(19-9)14(16)12-5-3-4-11(8-12)10(2)15(17)18/h3-8,10H,1-2H3,(H,17,18). The summed E-state index contributed by atoms with van der Waals surface area (Å²) in [5.74, 6) is -0.881. The molecule has 1 aromatic heterocycles. The monoisotopic (exact) mass is 258 g/mol. The average molecular weight is 258 g/mol. The molecule has 19 heavy (non-hydrogen) atoms. The molecule has 0 radical (unpaired) electrons. The van der Waals surface area contributed by atoms with Crippen LogP contribution < -0.4 is 0 Å². The Labute approximate surface area is 110 Å². The first-order valence-corrected chi connectivity index (χ1v) is 5.93. The molecule has 0 spiro atoms. The van der Waals surface area contributed by atoms with E-state index in [2.05, 4.69) is 0 Å². The lowest BCUT2D eigenvalue weighted by Crippen LogP contribution is -2.09. The number of hydrogen-bond donors (Lipinski definition) is 1. The third-order valence-electron chi connectivity index (χ3n) is 2.98. The van der Waals surface area contributed by atoms with Crippen LogP contribution in [0.4, 0.5) is 0 Å². The van der Waals surface area contributed by atoms with Gasteiger partial charge in [-0.1, -0.05) is 18.2 Å². The first kappa shape index (κ1) is 13.1. The number of furan rings is 1. The number of aryl methyl sites for hydroxylation is 1. The number of rotatable bonds is 4. The summed E-state index contributed by atoms with van der Waals surface area (Å²) < 4.78 is 5.28. The van der Waals surface area contributed by atoms with E-state index in [-0.39, 0.29) is 11.5 Å². The highest BCUT2D eigenvalue weighted by Gasteiger charge is 2.17. The molecule has 0 bridgehead atoms. The SMILES string of the molecule is Cc1ccc(C(=O)c2cccc(C(C)C(=O)O)c2)o1. The van der Waals surface area contributed by atoms with Gasteiger partial charge in [0.05, 0.1) is 5.92 Å². The molecule has 0 amide bonds. The second-order valence-corrected chi connectivity index (χ2v) is 4.42. The van der Waals surface area contributed by atoms with Gasteiger partial charge in [-0.05, 0) is 37.6 Å². The highest BCUT2D eigenvalue weighted by Crippen LogP contribution is 2.19. The van der Waals surface area contributed by atoms with Crippen LogP contribution in [0, 0.1) is 6.92 Å². The number of aliphatic carboxylic acids is 1. The molecule has 0 saturated carbocycles. The Morgan fingerprint density at radius 3 is 2.53 bits per heavy atom. The number of carboxylic acids is 1. The summed E-state index contributed by atoms with van der Waals surface area (Å²) >= 11 is 0. The van der Waals surface area contributed by atoms with E-state index in [1.54, 1.807) is 50.2 Å². The third kappa shape index (κ3) is 2.73. The molecule has 0 aliphatic heterocycles. The van der Waals surface area contributed by atoms with Gasteiger partial charge in [-0.3, -0.25) is 9.59 Å². The maximum absolute atomic E-state index is 12.2. The second kappa shape index (κ2) is 5.10. The summed E-state index contributed by atoms with van der Waals surface area (Å²) in [5, 5.41) is 8.98. The molecule has 1 heterocycles. The molecule has 0 aliphatic carbocycles. The van der Waals surface area contributed by atoms with Crippen molar-refractivity contribution in [3.8, 4) is 0 Å². The molecule has 2 rings (SSSR count). The lowest BCUT2D eigenvalue weighted by atomic mass is 9.97. The molecule has 0 aliphatic rings. The molecule has 1 atom stereocenters. The zero-order chi connectivity index (χ0) is 14.0. The Morgan fingerprint density at radius 2 is 1.95 bits per heavy atom. The molecule has 98 valence electrons. The lowest BCUT2D eigenvalue weighted by Gasteiger charge is -2.07. The van der Waals surface area contributed by atoms with Gasteiger partial charge in [0.15, 0.2) is 5.76 Å². The fourth-order valence-corrected chi connectivity index (χ4v) is 1.79. The van der Waals surface area contributed by atoms with Crippen molar-refractivity contribution in [2.24, 2.45) is 0 Å². The van der Waals surface area contributed by atoms with Crippen molar-refractivity contribution in [3.63, 3.8) is 0 Å². The molecular formula is C15H14O4. The maximum atomic E-state index is 12.2. The van der Waals surface area contributed by atoms with E-state index in [0.717, 1.165) is 0 Å². The Bertz CT molecular complexity index is 625. The quantitative estimate of drug-likeness (QED) is 0.856. The number of benzene rings is 1. The van der Waals surface area contributed by atoms with E-state index in [1.807, 2.05) is 0 Å². The fraction of sp³-hybridized carbons (Fsp3) is 0.200. The van der Waals surface area contributed by atoms with Gasteiger partial charge in [0.25, 0.3) is 0 Å². The van der Waals surface area contributed by atoms with E-state index in [9.17, 15) is 9.59 Å². The van der Waals surface area contributed by atoms with E-state index >= 15 is 0 Å². The Morgan fingerprint density at radius 1 is 1.21 bits per heavy atom. The van der Waals surface area contributed by atoms with Crippen LogP contribution in [0.25, 0.3) is 0 Å². The van der Waals surface area contributed by atoms with Crippen LogP contribution in [0.5, 0.6) is 0 Å². The first-order valence-electron chi connectivity index (χ1n) is 5.93. The van der Waals surface area contributed by atoms with E-state index < -0.39 is 11.9 Å². The summed E-state index contributed by atoms with van der Waals surface area (Å²) in [6.45, 7) is 3.35. The van der Waals surface area contributed by atoms with Crippen LogP contribution in [0.1, 0.15) is 40.3 Å². The van der Waals surface area contributed by atoms with Gasteiger partial charge < -0.3 is 9.52 Å². The number of ketones is 1. The minimum Gasteiger partial charge on any atom is -0.481 e. The van der Waals surface area contributed by atoms with Crippen molar-refractivity contribution in [2.45, 2.75) is 19.8 Å². The van der Waals surface area contributed by atoms with Gasteiger partial charge in [-0.15, -0.1) is 0 Å². The summed E-state index contributed by atoms with van der Waals surface area (Å²) in [6, 6.07) is 9.96. The highest BCUT2D eigenvalue weighted by molar-refractivity contribution is 6.07. The predicted molar refractivity (Wildman–Crippen MR) is 69.4 cm³/mol. The molecule has 1 unspecified atom stereocenters. The van der Waals surface area contributed by atoms with Gasteiger partial charge >= 0.3 is 5.97 Å². The van der Waals surface area contributed by atoms with E-state index in [0.29, 0.717) is 16.9 Å². The Hall–Kier alpha value is -2.36. The van der Waals surface area contributed by atoms with Crippen LogP contribution in [0.15, 0.2) is 40.8 Å². The van der Waals surface area contributed by atoms with Gasteiger partial charge in [-0.2, -0.15) is 0 Å². The van der Waals surface area contributed by atoms with Crippen molar-refractivity contribution in [1.29, 1.82) is 0 Å².